The molecule has 0 saturated carbocycles. The molecule has 1 aliphatic rings. The van der Waals surface area contributed by atoms with Crippen LogP contribution in [0.1, 0.15) is 35.5 Å². The van der Waals surface area contributed by atoms with E-state index in [0.717, 1.165) is 0 Å². The summed E-state index contributed by atoms with van der Waals surface area (Å²) < 4.78 is 22.1. The molecule has 8 nitrogen and oxygen atoms in total. The second-order valence-electron chi connectivity index (χ2n) is 7.56. The zero-order valence-electron chi connectivity index (χ0n) is 18.9. The maximum Gasteiger partial charge on any atom is 0.290 e. The fraction of sp³-hybridized carbons (Fsp3) is 0.280. The summed E-state index contributed by atoms with van der Waals surface area (Å²) in [4.78, 5) is 28.1. The molecule has 1 atom stereocenters. The van der Waals surface area contributed by atoms with E-state index in [1.54, 1.807) is 42.5 Å². The third kappa shape index (κ3) is 3.57. The minimum Gasteiger partial charge on any atom is -0.503 e. The third-order valence-corrected chi connectivity index (χ3v) is 5.69. The van der Waals surface area contributed by atoms with Crippen molar-refractivity contribution in [2.75, 3.05) is 27.9 Å². The Bertz CT molecular complexity index is 1260. The SMILES string of the molecule is CCCN1C(=O)C(O)=C(C(=O)c2cc3cccc(OC)c3o2)C1c1cccc(OC)c1OC. The van der Waals surface area contributed by atoms with Crippen molar-refractivity contribution in [2.24, 2.45) is 0 Å². The molecule has 8 heteroatoms. The highest BCUT2D eigenvalue weighted by Gasteiger charge is 2.45. The molecule has 4 rings (SSSR count). The van der Waals surface area contributed by atoms with Crippen molar-refractivity contribution >= 4 is 22.7 Å². The molecule has 2 heterocycles. The number of hydrogen-bond donors (Lipinski definition) is 1. The van der Waals surface area contributed by atoms with Crippen molar-refractivity contribution in [3.8, 4) is 17.2 Å². The average molecular weight is 451 g/mol. The number of Topliss-reactive ketones (excluding diaryl/α,β-unsaturated/α-hetero) is 1. The number of ether oxygens (including phenoxy) is 3. The van der Waals surface area contributed by atoms with Crippen molar-refractivity contribution in [3.05, 3.63) is 65.1 Å². The summed E-state index contributed by atoms with van der Waals surface area (Å²) in [5.74, 6) is -0.511. The van der Waals surface area contributed by atoms with Gasteiger partial charge in [-0.25, -0.2) is 0 Å². The van der Waals surface area contributed by atoms with Crippen LogP contribution >= 0.6 is 0 Å². The van der Waals surface area contributed by atoms with Crippen molar-refractivity contribution in [3.63, 3.8) is 0 Å². The van der Waals surface area contributed by atoms with Crippen LogP contribution in [0, 0.1) is 0 Å². The van der Waals surface area contributed by atoms with Crippen LogP contribution in [0.2, 0.25) is 0 Å². The predicted molar refractivity (Wildman–Crippen MR) is 121 cm³/mol. The molecule has 0 radical (unpaired) electrons. The van der Waals surface area contributed by atoms with E-state index in [9.17, 15) is 14.7 Å². The number of furan rings is 1. The molecule has 1 unspecified atom stereocenters. The van der Waals surface area contributed by atoms with Crippen LogP contribution in [0.3, 0.4) is 0 Å². The van der Waals surface area contributed by atoms with Crippen molar-refractivity contribution < 1.29 is 33.3 Å². The molecule has 3 aromatic rings. The van der Waals surface area contributed by atoms with E-state index in [2.05, 4.69) is 0 Å². The van der Waals surface area contributed by atoms with Gasteiger partial charge in [-0.1, -0.05) is 31.2 Å². The van der Waals surface area contributed by atoms with Gasteiger partial charge in [0.15, 0.2) is 34.4 Å². The fourth-order valence-electron chi connectivity index (χ4n) is 4.25. The average Bonchev–Trinajstić information content (AvgIpc) is 3.38. The Hall–Kier alpha value is -3.94. The molecule has 1 aromatic heterocycles. The highest BCUT2D eigenvalue weighted by molar-refractivity contribution is 6.16. The van der Waals surface area contributed by atoms with E-state index >= 15 is 0 Å². The first-order valence-corrected chi connectivity index (χ1v) is 10.5. The largest absolute Gasteiger partial charge is 0.503 e. The van der Waals surface area contributed by atoms with E-state index < -0.39 is 23.5 Å². The van der Waals surface area contributed by atoms with Gasteiger partial charge in [0.2, 0.25) is 5.78 Å². The van der Waals surface area contributed by atoms with E-state index in [4.69, 9.17) is 18.6 Å². The highest BCUT2D eigenvalue weighted by atomic mass is 16.5. The maximum atomic E-state index is 13.7. The first kappa shape index (κ1) is 22.3. The van der Waals surface area contributed by atoms with Crippen molar-refractivity contribution in [1.29, 1.82) is 0 Å². The number of ketones is 1. The number of nitrogens with zero attached hydrogens (tertiary/aromatic N) is 1. The predicted octanol–water partition coefficient (Wildman–Crippen LogP) is 4.45. The Morgan fingerprint density at radius 3 is 2.42 bits per heavy atom. The number of methoxy groups -OCH3 is 3. The van der Waals surface area contributed by atoms with Gasteiger partial charge in [-0.15, -0.1) is 0 Å². The summed E-state index contributed by atoms with van der Waals surface area (Å²) in [6.07, 6.45) is 0.630. The summed E-state index contributed by atoms with van der Waals surface area (Å²) >= 11 is 0. The Morgan fingerprint density at radius 2 is 1.76 bits per heavy atom. The second kappa shape index (κ2) is 8.90. The van der Waals surface area contributed by atoms with Gasteiger partial charge in [0, 0.05) is 17.5 Å². The Balaban J connectivity index is 1.88. The Kier molecular flexibility index (Phi) is 6.00. The first-order chi connectivity index (χ1) is 16.0. The monoisotopic (exact) mass is 451 g/mol. The molecule has 0 spiro atoms. The Labute approximate surface area is 191 Å². The molecule has 172 valence electrons. The van der Waals surface area contributed by atoms with Gasteiger partial charge < -0.3 is 28.6 Å². The van der Waals surface area contributed by atoms with Gasteiger partial charge in [-0.3, -0.25) is 9.59 Å². The van der Waals surface area contributed by atoms with Crippen LogP contribution in [0.25, 0.3) is 11.0 Å². The number of para-hydroxylation sites is 2. The number of hydrogen-bond acceptors (Lipinski definition) is 7. The lowest BCUT2D eigenvalue weighted by atomic mass is 9.94. The topological polar surface area (TPSA) is 98.4 Å². The zero-order chi connectivity index (χ0) is 23.7. The third-order valence-electron chi connectivity index (χ3n) is 5.69. The van der Waals surface area contributed by atoms with E-state index in [0.29, 0.717) is 46.7 Å². The van der Waals surface area contributed by atoms with Crippen LogP contribution in [-0.4, -0.2) is 49.6 Å². The molecular weight excluding hydrogens is 426 g/mol. The van der Waals surface area contributed by atoms with Gasteiger partial charge in [-0.05, 0) is 24.6 Å². The summed E-state index contributed by atoms with van der Waals surface area (Å²) in [5.41, 5.74) is 0.867. The minimum atomic E-state index is -0.870. The second-order valence-corrected chi connectivity index (χ2v) is 7.56. The number of amides is 1. The van der Waals surface area contributed by atoms with E-state index in [1.807, 2.05) is 6.92 Å². The number of rotatable bonds is 8. The molecule has 0 saturated heterocycles. The normalized spacial score (nSPS) is 15.9. The number of benzene rings is 2. The van der Waals surface area contributed by atoms with Crippen LogP contribution in [0.5, 0.6) is 17.2 Å². The summed E-state index contributed by atoms with van der Waals surface area (Å²) in [5, 5.41) is 11.5. The summed E-state index contributed by atoms with van der Waals surface area (Å²) in [7, 11) is 4.50. The molecule has 2 aromatic carbocycles. The lowest BCUT2D eigenvalue weighted by Gasteiger charge is -2.28. The number of aliphatic hydroxyl groups is 1. The van der Waals surface area contributed by atoms with Gasteiger partial charge in [0.05, 0.1) is 32.9 Å². The molecule has 1 amide bonds. The summed E-state index contributed by atoms with van der Waals surface area (Å²) in [6.45, 7) is 2.24. The van der Waals surface area contributed by atoms with Crippen LogP contribution in [-0.2, 0) is 4.79 Å². The molecule has 1 N–H and O–H groups in total. The Morgan fingerprint density at radius 1 is 1.06 bits per heavy atom. The molecule has 0 aliphatic carbocycles. The van der Waals surface area contributed by atoms with E-state index in [1.165, 1.54) is 26.2 Å². The maximum absolute atomic E-state index is 13.7. The first-order valence-electron chi connectivity index (χ1n) is 10.5. The molecule has 1 aliphatic heterocycles. The fourth-order valence-corrected chi connectivity index (χ4v) is 4.25. The van der Waals surface area contributed by atoms with Gasteiger partial charge in [-0.2, -0.15) is 0 Å². The quantitative estimate of drug-likeness (QED) is 0.505. The number of carbonyl (C=O) groups is 2. The highest BCUT2D eigenvalue weighted by Crippen LogP contribution is 2.45. The van der Waals surface area contributed by atoms with Crippen LogP contribution < -0.4 is 14.2 Å². The number of fused-ring (bicyclic) bond motifs is 1. The summed E-state index contributed by atoms with van der Waals surface area (Å²) in [6, 6.07) is 11.2. The number of carbonyl (C=O) groups excluding carboxylic acids is 2. The van der Waals surface area contributed by atoms with Crippen molar-refractivity contribution in [2.45, 2.75) is 19.4 Å². The van der Waals surface area contributed by atoms with Crippen molar-refractivity contribution in [1.82, 2.24) is 4.90 Å². The molecule has 33 heavy (non-hydrogen) atoms. The van der Waals surface area contributed by atoms with Gasteiger partial charge in [0.25, 0.3) is 5.91 Å². The lowest BCUT2D eigenvalue weighted by Crippen LogP contribution is -2.32. The minimum absolute atomic E-state index is 0.00550. The zero-order valence-corrected chi connectivity index (χ0v) is 18.9. The smallest absolute Gasteiger partial charge is 0.290 e. The number of aliphatic hydroxyl groups excluding tert-OH is 1. The molecular formula is C25H25NO7. The molecule has 0 bridgehead atoms. The van der Waals surface area contributed by atoms with Crippen LogP contribution in [0.15, 0.2) is 58.2 Å². The van der Waals surface area contributed by atoms with E-state index in [-0.39, 0.29) is 11.3 Å². The lowest BCUT2D eigenvalue weighted by molar-refractivity contribution is -0.129. The van der Waals surface area contributed by atoms with Gasteiger partial charge in [0.1, 0.15) is 0 Å². The standard InChI is InChI=1S/C25H25NO7/c1-5-12-26-20(15-9-7-11-17(31-3)24(15)32-4)19(22(28)25(26)29)21(27)18-13-14-8-6-10-16(30-2)23(14)33-18/h6-11,13,20,28H,5,12H2,1-4H3. The molecule has 0 fully saturated rings. The van der Waals surface area contributed by atoms with Gasteiger partial charge >= 0.3 is 0 Å². The van der Waals surface area contributed by atoms with Crippen LogP contribution in [0.4, 0.5) is 0 Å².